The molecule has 0 saturated carbocycles. The first-order valence-electron chi connectivity index (χ1n) is 8.11. The summed E-state index contributed by atoms with van der Waals surface area (Å²) in [5.41, 5.74) is 3.73. The number of rotatable bonds is 8. The van der Waals surface area contributed by atoms with Gasteiger partial charge in [-0.15, -0.1) is 0 Å². The molecule has 0 bridgehead atoms. The minimum absolute atomic E-state index is 0.835. The molecule has 2 rings (SSSR count). The molecule has 22 heavy (non-hydrogen) atoms. The molecular weight excluding hydrogens is 276 g/mol. The molecule has 1 N–H and O–H groups in total. The van der Waals surface area contributed by atoms with Crippen LogP contribution in [-0.4, -0.2) is 40.8 Å². The van der Waals surface area contributed by atoms with Crippen LogP contribution in [0.25, 0.3) is 5.82 Å². The lowest BCUT2D eigenvalue weighted by Crippen LogP contribution is -2.31. The molecule has 5 nitrogen and oxygen atoms in total. The van der Waals surface area contributed by atoms with E-state index in [-0.39, 0.29) is 0 Å². The second-order valence-corrected chi connectivity index (χ2v) is 5.73. The molecule has 122 valence electrons. The summed E-state index contributed by atoms with van der Waals surface area (Å²) >= 11 is 0. The van der Waals surface area contributed by atoms with Crippen LogP contribution < -0.4 is 5.32 Å². The number of likely N-dealkylation sites (N-methyl/N-ethyl adjacent to an activating group) is 1. The lowest BCUT2D eigenvalue weighted by atomic mass is 10.2. The highest BCUT2D eigenvalue weighted by molar-refractivity contribution is 5.36. The van der Waals surface area contributed by atoms with Crippen LogP contribution in [0.3, 0.4) is 0 Å². The van der Waals surface area contributed by atoms with Crippen molar-refractivity contribution in [1.29, 1.82) is 0 Å². The average molecular weight is 304 g/mol. The van der Waals surface area contributed by atoms with Crippen molar-refractivity contribution < 1.29 is 4.52 Å². The third-order valence-corrected chi connectivity index (χ3v) is 4.20. The van der Waals surface area contributed by atoms with Gasteiger partial charge in [0.05, 0.1) is 0 Å². The van der Waals surface area contributed by atoms with Gasteiger partial charge in [0, 0.05) is 37.1 Å². The summed E-state index contributed by atoms with van der Waals surface area (Å²) in [7, 11) is 0. The summed E-state index contributed by atoms with van der Waals surface area (Å²) in [6.07, 6.45) is 0. The lowest BCUT2D eigenvalue weighted by molar-refractivity contribution is 0.302. The number of nitrogens with one attached hydrogen (secondary N) is 1. The second-order valence-electron chi connectivity index (χ2n) is 5.73. The summed E-state index contributed by atoms with van der Waals surface area (Å²) in [6, 6.07) is 4.20. The summed E-state index contributed by atoms with van der Waals surface area (Å²) in [5, 5.41) is 7.66. The summed E-state index contributed by atoms with van der Waals surface area (Å²) in [6.45, 7) is 15.8. The number of aromatic nitrogens is 2. The predicted molar refractivity (Wildman–Crippen MR) is 89.5 cm³/mol. The Morgan fingerprint density at radius 3 is 2.50 bits per heavy atom. The zero-order chi connectivity index (χ0) is 16.1. The maximum atomic E-state index is 5.20. The molecule has 0 aliphatic carbocycles. The van der Waals surface area contributed by atoms with E-state index in [1.54, 1.807) is 0 Å². The summed E-state index contributed by atoms with van der Waals surface area (Å²) in [5.74, 6) is 1.70. The summed E-state index contributed by atoms with van der Waals surface area (Å²) < 4.78 is 7.35. The molecule has 0 aliphatic heterocycles. The quantitative estimate of drug-likeness (QED) is 0.762. The van der Waals surface area contributed by atoms with Crippen LogP contribution in [0.15, 0.2) is 16.7 Å². The van der Waals surface area contributed by atoms with Crippen LogP contribution in [0.5, 0.6) is 0 Å². The van der Waals surface area contributed by atoms with Crippen LogP contribution in [0, 0.1) is 20.8 Å². The molecule has 0 aliphatic rings. The molecular formula is C17H28N4O. The van der Waals surface area contributed by atoms with Gasteiger partial charge >= 0.3 is 0 Å². The van der Waals surface area contributed by atoms with E-state index in [1.807, 2.05) is 13.0 Å². The van der Waals surface area contributed by atoms with E-state index >= 15 is 0 Å². The van der Waals surface area contributed by atoms with Gasteiger partial charge < -0.3 is 19.3 Å². The van der Waals surface area contributed by atoms with Crippen molar-refractivity contribution >= 4 is 0 Å². The Morgan fingerprint density at radius 1 is 1.18 bits per heavy atom. The highest BCUT2D eigenvalue weighted by Gasteiger charge is 2.13. The van der Waals surface area contributed by atoms with Crippen molar-refractivity contribution in [3.8, 4) is 5.82 Å². The van der Waals surface area contributed by atoms with Crippen molar-refractivity contribution in [2.75, 3.05) is 26.2 Å². The van der Waals surface area contributed by atoms with Crippen molar-refractivity contribution in [2.24, 2.45) is 0 Å². The first-order chi connectivity index (χ1) is 10.6. The zero-order valence-electron chi connectivity index (χ0n) is 14.4. The van der Waals surface area contributed by atoms with E-state index in [9.17, 15) is 0 Å². The van der Waals surface area contributed by atoms with E-state index in [2.05, 4.69) is 53.7 Å². The van der Waals surface area contributed by atoms with Crippen LogP contribution in [0.4, 0.5) is 0 Å². The van der Waals surface area contributed by atoms with Crippen molar-refractivity contribution in [3.05, 3.63) is 34.8 Å². The molecule has 0 fully saturated rings. The zero-order valence-corrected chi connectivity index (χ0v) is 14.4. The summed E-state index contributed by atoms with van der Waals surface area (Å²) in [4.78, 5) is 2.43. The Balaban J connectivity index is 1.98. The van der Waals surface area contributed by atoms with E-state index < -0.39 is 0 Å². The Morgan fingerprint density at radius 2 is 1.91 bits per heavy atom. The Labute approximate surface area is 133 Å². The van der Waals surface area contributed by atoms with Gasteiger partial charge in [-0.3, -0.25) is 0 Å². The number of hydrogen-bond donors (Lipinski definition) is 1. The monoisotopic (exact) mass is 304 g/mol. The largest absolute Gasteiger partial charge is 0.360 e. The fraction of sp³-hybridized carbons (Fsp3) is 0.588. The molecule has 2 heterocycles. The van der Waals surface area contributed by atoms with Gasteiger partial charge in [0.2, 0.25) is 0 Å². The standard InChI is InChI=1S/C17H28N4O/c1-6-20(7-2)9-8-18-12-16-10-13(3)21(15(16)5)17-11-14(4)22-19-17/h10-11,18H,6-9,12H2,1-5H3. The van der Waals surface area contributed by atoms with E-state index in [1.165, 1.54) is 17.0 Å². The maximum absolute atomic E-state index is 5.20. The van der Waals surface area contributed by atoms with E-state index in [4.69, 9.17) is 4.52 Å². The Hall–Kier alpha value is -1.59. The molecule has 0 atom stereocenters. The highest BCUT2D eigenvalue weighted by Crippen LogP contribution is 2.20. The molecule has 2 aromatic rings. The first kappa shape index (κ1) is 16.8. The molecule has 5 heteroatoms. The average Bonchev–Trinajstić information content (AvgIpc) is 3.03. The van der Waals surface area contributed by atoms with Crippen LogP contribution >= 0.6 is 0 Å². The van der Waals surface area contributed by atoms with Gasteiger partial charge in [-0.25, -0.2) is 0 Å². The van der Waals surface area contributed by atoms with E-state index in [0.29, 0.717) is 0 Å². The normalized spacial score (nSPS) is 11.5. The predicted octanol–water partition coefficient (Wildman–Crippen LogP) is 2.82. The molecule has 0 spiro atoms. The van der Waals surface area contributed by atoms with Gasteiger partial charge in [-0.2, -0.15) is 0 Å². The molecule has 2 aromatic heterocycles. The van der Waals surface area contributed by atoms with Gasteiger partial charge in [-0.1, -0.05) is 19.0 Å². The molecule has 0 saturated heterocycles. The van der Waals surface area contributed by atoms with Crippen LogP contribution in [0.1, 0.15) is 36.6 Å². The molecule has 0 aromatic carbocycles. The van der Waals surface area contributed by atoms with Crippen molar-refractivity contribution in [3.63, 3.8) is 0 Å². The highest BCUT2D eigenvalue weighted by atomic mass is 16.5. The van der Waals surface area contributed by atoms with Crippen molar-refractivity contribution in [2.45, 2.75) is 41.2 Å². The van der Waals surface area contributed by atoms with Crippen LogP contribution in [0.2, 0.25) is 0 Å². The van der Waals surface area contributed by atoms with E-state index in [0.717, 1.165) is 44.3 Å². The maximum Gasteiger partial charge on any atom is 0.180 e. The fourth-order valence-electron chi connectivity index (χ4n) is 2.82. The third-order valence-electron chi connectivity index (χ3n) is 4.20. The minimum Gasteiger partial charge on any atom is -0.360 e. The Bertz CT molecular complexity index is 596. The van der Waals surface area contributed by atoms with Gasteiger partial charge in [0.1, 0.15) is 5.76 Å². The number of hydrogen-bond acceptors (Lipinski definition) is 4. The first-order valence-corrected chi connectivity index (χ1v) is 8.11. The SMILES string of the molecule is CCN(CC)CCNCc1cc(C)n(-c2cc(C)on2)c1C. The third kappa shape index (κ3) is 3.78. The van der Waals surface area contributed by atoms with Crippen LogP contribution in [-0.2, 0) is 6.54 Å². The number of nitrogens with zero attached hydrogens (tertiary/aromatic N) is 3. The second kappa shape index (κ2) is 7.61. The smallest absolute Gasteiger partial charge is 0.180 e. The lowest BCUT2D eigenvalue weighted by Gasteiger charge is -2.18. The topological polar surface area (TPSA) is 46.2 Å². The molecule has 0 unspecified atom stereocenters. The fourth-order valence-corrected chi connectivity index (χ4v) is 2.82. The van der Waals surface area contributed by atoms with Gasteiger partial charge in [0.15, 0.2) is 5.82 Å². The minimum atomic E-state index is 0.835. The van der Waals surface area contributed by atoms with Crippen molar-refractivity contribution in [1.82, 2.24) is 19.9 Å². The van der Waals surface area contributed by atoms with Gasteiger partial charge in [-0.05, 0) is 45.5 Å². The molecule has 0 radical (unpaired) electrons. The van der Waals surface area contributed by atoms with Gasteiger partial charge in [0.25, 0.3) is 0 Å². The Kier molecular flexibility index (Phi) is 5.80. The number of aryl methyl sites for hydroxylation is 2. The molecule has 0 amide bonds.